The third-order valence-corrected chi connectivity index (χ3v) is 5.05. The molecule has 31 heavy (non-hydrogen) atoms. The third kappa shape index (κ3) is 13.2. The molecule has 0 radical (unpaired) electrons. The Balaban J connectivity index is 0.000000479. The van der Waals surface area contributed by atoms with E-state index in [1.165, 1.54) is 27.8 Å². The minimum atomic E-state index is -2.85. The van der Waals surface area contributed by atoms with Gasteiger partial charge in [0, 0.05) is 18.2 Å². The second-order valence-electron chi connectivity index (χ2n) is 8.34. The minimum absolute atomic E-state index is 0.0121. The standard InChI is InChI=1S/C10H14FNS.C9H12F2NP.C5H12/c1-10(2,11)9-5-3-8(4-6-9)7-12-13;1-6(12)7-2-4-8(5-3-7)9(10,11)13;1-4-5(2)3/h3-6,12-13H,7H2,1-2H3;2-6H,12-13H2,1H3;5H,4H2,1-3H3/t;6-;/m.0./s1. The number of rotatable bonds is 6. The smallest absolute Gasteiger partial charge is 0.283 e. The number of hydrogen-bond donors (Lipinski definition) is 3. The van der Waals surface area contributed by atoms with Gasteiger partial charge in [0.25, 0.3) is 5.66 Å². The van der Waals surface area contributed by atoms with Crippen molar-refractivity contribution in [2.75, 3.05) is 0 Å². The highest BCUT2D eigenvalue weighted by molar-refractivity contribution is 7.78. The number of nitrogens with two attached hydrogens (primary N) is 1. The van der Waals surface area contributed by atoms with Crippen molar-refractivity contribution in [1.29, 1.82) is 0 Å². The molecule has 0 aliphatic rings. The van der Waals surface area contributed by atoms with Crippen LogP contribution in [0, 0.1) is 5.92 Å². The zero-order valence-electron chi connectivity index (χ0n) is 19.4. The summed E-state index contributed by atoms with van der Waals surface area (Å²) < 4.78 is 41.6. The maximum atomic E-state index is 13.4. The van der Waals surface area contributed by atoms with Crippen molar-refractivity contribution in [3.05, 3.63) is 70.8 Å². The van der Waals surface area contributed by atoms with Gasteiger partial charge in [0.1, 0.15) is 5.67 Å². The van der Waals surface area contributed by atoms with E-state index in [0.29, 0.717) is 12.1 Å². The molecular weight excluding hydrogens is 436 g/mol. The number of halogens is 3. The van der Waals surface area contributed by atoms with Crippen molar-refractivity contribution < 1.29 is 13.2 Å². The van der Waals surface area contributed by atoms with Gasteiger partial charge in [0.15, 0.2) is 0 Å². The fourth-order valence-electron chi connectivity index (χ4n) is 2.12. The molecule has 0 spiro atoms. The van der Waals surface area contributed by atoms with E-state index < -0.39 is 11.3 Å². The van der Waals surface area contributed by atoms with Gasteiger partial charge >= 0.3 is 0 Å². The van der Waals surface area contributed by atoms with E-state index in [1.807, 2.05) is 19.1 Å². The molecule has 0 heterocycles. The summed E-state index contributed by atoms with van der Waals surface area (Å²) in [5, 5.41) is 0. The summed E-state index contributed by atoms with van der Waals surface area (Å²) in [5.41, 5.74) is 4.12. The van der Waals surface area contributed by atoms with Gasteiger partial charge in [-0.1, -0.05) is 97.8 Å². The second-order valence-corrected chi connectivity index (χ2v) is 9.38. The summed E-state index contributed by atoms with van der Waals surface area (Å²) in [5.74, 6) is 0.884. The number of thiol groups is 1. The Bertz CT molecular complexity index is 722. The summed E-state index contributed by atoms with van der Waals surface area (Å²) >= 11 is 3.89. The Morgan fingerprint density at radius 3 is 1.65 bits per heavy atom. The lowest BCUT2D eigenvalue weighted by Crippen LogP contribution is -2.09. The molecule has 176 valence electrons. The van der Waals surface area contributed by atoms with Crippen molar-refractivity contribution in [1.82, 2.24) is 4.72 Å². The fraction of sp³-hybridized carbons (Fsp3) is 0.500. The van der Waals surface area contributed by atoms with Gasteiger partial charge in [-0.25, -0.2) is 4.39 Å². The molecule has 0 aliphatic carbocycles. The largest absolute Gasteiger partial charge is 0.324 e. The maximum absolute atomic E-state index is 13.4. The van der Waals surface area contributed by atoms with Gasteiger partial charge in [-0.2, -0.15) is 8.78 Å². The summed E-state index contributed by atoms with van der Waals surface area (Å²) in [6.07, 6.45) is 1.31. The molecule has 0 aromatic heterocycles. The van der Waals surface area contributed by atoms with Gasteiger partial charge < -0.3 is 5.73 Å². The Morgan fingerprint density at radius 2 is 1.35 bits per heavy atom. The first-order chi connectivity index (χ1) is 14.2. The summed E-state index contributed by atoms with van der Waals surface area (Å²) in [4.78, 5) is 0. The van der Waals surface area contributed by atoms with Crippen molar-refractivity contribution >= 4 is 22.1 Å². The van der Waals surface area contributed by atoms with E-state index in [2.05, 4.69) is 38.3 Å². The summed E-state index contributed by atoms with van der Waals surface area (Å²) in [6.45, 7) is 12.3. The van der Waals surface area contributed by atoms with Crippen molar-refractivity contribution in [2.24, 2.45) is 11.7 Å². The number of nitrogens with one attached hydrogen (secondary N) is 1. The molecule has 2 aromatic rings. The Kier molecular flexibility index (Phi) is 13.7. The second kappa shape index (κ2) is 14.2. The van der Waals surface area contributed by atoms with Crippen LogP contribution in [0.15, 0.2) is 48.5 Å². The lowest BCUT2D eigenvalue weighted by atomic mass is 9.99. The van der Waals surface area contributed by atoms with Crippen LogP contribution in [0.5, 0.6) is 0 Å². The highest BCUT2D eigenvalue weighted by atomic mass is 32.1. The number of benzene rings is 2. The zero-order chi connectivity index (χ0) is 24.2. The maximum Gasteiger partial charge on any atom is 0.283 e. The number of hydrogen-bond acceptors (Lipinski definition) is 3. The van der Waals surface area contributed by atoms with Crippen LogP contribution in [0.25, 0.3) is 0 Å². The first-order valence-corrected chi connectivity index (χ1v) is 11.4. The van der Waals surface area contributed by atoms with E-state index >= 15 is 0 Å². The van der Waals surface area contributed by atoms with Gasteiger partial charge in [0.05, 0.1) is 0 Å². The minimum Gasteiger partial charge on any atom is -0.324 e. The van der Waals surface area contributed by atoms with E-state index in [-0.39, 0.29) is 11.6 Å². The van der Waals surface area contributed by atoms with Crippen LogP contribution in [0.3, 0.4) is 0 Å². The first-order valence-electron chi connectivity index (χ1n) is 10.4. The van der Waals surface area contributed by atoms with Gasteiger partial charge in [-0.3, -0.25) is 4.72 Å². The lowest BCUT2D eigenvalue weighted by Gasteiger charge is -2.14. The molecule has 0 bridgehead atoms. The predicted molar refractivity (Wildman–Crippen MR) is 134 cm³/mol. The Hall–Kier alpha value is -1.07. The summed E-state index contributed by atoms with van der Waals surface area (Å²) in [6, 6.07) is 13.3. The van der Waals surface area contributed by atoms with Crippen molar-refractivity contribution in [3.8, 4) is 0 Å². The molecule has 2 aromatic carbocycles. The average Bonchev–Trinajstić information content (AvgIpc) is 2.68. The van der Waals surface area contributed by atoms with Gasteiger partial charge in [-0.05, 0) is 43.4 Å². The van der Waals surface area contributed by atoms with Crippen molar-refractivity contribution in [2.45, 2.75) is 71.9 Å². The Labute approximate surface area is 194 Å². The SMILES string of the molecule is CC(C)(F)c1ccc(CNS)cc1.CCC(C)C.C[C@H](N)c1ccc(C(F)(F)P)cc1. The van der Waals surface area contributed by atoms with Gasteiger partial charge in [0.2, 0.25) is 0 Å². The van der Waals surface area contributed by atoms with Crippen LogP contribution in [0.1, 0.15) is 76.3 Å². The molecule has 0 fully saturated rings. The van der Waals surface area contributed by atoms with Crippen molar-refractivity contribution in [3.63, 3.8) is 0 Å². The molecule has 2 atom stereocenters. The summed E-state index contributed by atoms with van der Waals surface area (Å²) in [7, 11) is 1.51. The van der Waals surface area contributed by atoms with Gasteiger partial charge in [-0.15, -0.1) is 0 Å². The molecule has 0 saturated heterocycles. The van der Waals surface area contributed by atoms with Crippen LogP contribution in [0.2, 0.25) is 0 Å². The fourth-order valence-corrected chi connectivity index (χ4v) is 2.49. The monoisotopic (exact) mass is 474 g/mol. The molecule has 3 N–H and O–H groups in total. The van der Waals surface area contributed by atoms with Crippen LogP contribution in [-0.4, -0.2) is 0 Å². The first kappa shape index (κ1) is 29.9. The molecule has 2 rings (SSSR count). The number of alkyl halides is 3. The van der Waals surface area contributed by atoms with E-state index in [1.54, 1.807) is 38.1 Å². The normalized spacial score (nSPS) is 12.4. The molecular formula is C24H38F3N2PS. The molecule has 1 unspecified atom stereocenters. The van der Waals surface area contributed by atoms with Crippen LogP contribution in [-0.2, 0) is 17.9 Å². The van der Waals surface area contributed by atoms with E-state index in [4.69, 9.17) is 5.73 Å². The van der Waals surface area contributed by atoms with E-state index in [0.717, 1.165) is 17.0 Å². The molecule has 0 amide bonds. The molecule has 0 aliphatic heterocycles. The average molecular weight is 475 g/mol. The molecule has 2 nitrogen and oxygen atoms in total. The van der Waals surface area contributed by atoms with Crippen LogP contribution >= 0.6 is 22.1 Å². The highest BCUT2D eigenvalue weighted by Crippen LogP contribution is 2.34. The quantitative estimate of drug-likeness (QED) is 0.299. The van der Waals surface area contributed by atoms with Crippen LogP contribution < -0.4 is 10.5 Å². The predicted octanol–water partition coefficient (Wildman–Crippen LogP) is 7.51. The third-order valence-electron chi connectivity index (χ3n) is 4.56. The topological polar surface area (TPSA) is 38.0 Å². The van der Waals surface area contributed by atoms with Crippen LogP contribution in [0.4, 0.5) is 13.2 Å². The zero-order valence-corrected chi connectivity index (χ0v) is 21.5. The van der Waals surface area contributed by atoms with E-state index in [9.17, 15) is 13.2 Å². The molecule has 7 heteroatoms. The molecule has 0 saturated carbocycles. The highest BCUT2D eigenvalue weighted by Gasteiger charge is 2.23. The Morgan fingerprint density at radius 1 is 0.935 bits per heavy atom. The lowest BCUT2D eigenvalue weighted by molar-refractivity contribution is 0.104.